The van der Waals surface area contributed by atoms with Crippen LogP contribution in [0.5, 0.6) is 5.75 Å². The number of alkyl carbamates (subject to hydrolysis) is 1. The van der Waals surface area contributed by atoms with Crippen molar-refractivity contribution in [1.82, 2.24) is 10.2 Å². The van der Waals surface area contributed by atoms with Gasteiger partial charge in [0.25, 0.3) is 5.91 Å². The van der Waals surface area contributed by atoms with Crippen molar-refractivity contribution in [1.29, 1.82) is 0 Å². The number of hydrogen-bond donors (Lipinski definition) is 3. The predicted molar refractivity (Wildman–Crippen MR) is 148 cm³/mol. The minimum atomic E-state index is -1.40. The van der Waals surface area contributed by atoms with Gasteiger partial charge in [-0.2, -0.15) is 0 Å². The third-order valence-electron chi connectivity index (χ3n) is 5.31. The highest BCUT2D eigenvalue weighted by Gasteiger charge is 2.36. The van der Waals surface area contributed by atoms with E-state index < -0.39 is 47.9 Å². The van der Waals surface area contributed by atoms with Gasteiger partial charge < -0.3 is 30.7 Å². The van der Waals surface area contributed by atoms with E-state index >= 15 is 0 Å². The van der Waals surface area contributed by atoms with Crippen LogP contribution in [0.1, 0.15) is 44.4 Å². The molecule has 10 heteroatoms. The molecule has 0 saturated heterocycles. The van der Waals surface area contributed by atoms with Crippen LogP contribution in [0.3, 0.4) is 0 Å². The van der Waals surface area contributed by atoms with E-state index in [9.17, 15) is 19.2 Å². The summed E-state index contributed by atoms with van der Waals surface area (Å²) in [6, 6.07) is 10.6. The summed E-state index contributed by atoms with van der Waals surface area (Å²) in [6.07, 6.45) is 5.47. The van der Waals surface area contributed by atoms with Crippen LogP contribution in [0.15, 0.2) is 61.2 Å². The molecular formula is C29H34N4O6. The maximum Gasteiger partial charge on any atom is 0.408 e. The quantitative estimate of drug-likeness (QED) is 0.299. The molecule has 0 aliphatic carbocycles. The summed E-state index contributed by atoms with van der Waals surface area (Å²) < 4.78 is 10.4. The first kappa shape index (κ1) is 30.4. The van der Waals surface area contributed by atoms with Crippen molar-refractivity contribution in [3.05, 3.63) is 72.3 Å². The molecule has 2 aromatic rings. The van der Waals surface area contributed by atoms with E-state index in [1.165, 1.54) is 18.1 Å². The van der Waals surface area contributed by atoms with Crippen LogP contribution in [0.4, 0.5) is 10.5 Å². The molecular weight excluding hydrogens is 500 g/mol. The van der Waals surface area contributed by atoms with E-state index in [-0.39, 0.29) is 6.54 Å². The van der Waals surface area contributed by atoms with E-state index in [4.69, 9.17) is 21.6 Å². The van der Waals surface area contributed by atoms with Crippen LogP contribution in [0, 0.1) is 12.3 Å². The van der Waals surface area contributed by atoms with Crippen LogP contribution in [-0.4, -0.2) is 54.0 Å². The Hall–Kier alpha value is -4.78. The van der Waals surface area contributed by atoms with Gasteiger partial charge >= 0.3 is 6.09 Å². The average Bonchev–Trinajstić information content (AvgIpc) is 2.87. The number of ether oxygens (including phenoxy) is 2. The number of rotatable bonds is 11. The molecule has 206 valence electrons. The van der Waals surface area contributed by atoms with Gasteiger partial charge in [0.2, 0.25) is 11.8 Å². The van der Waals surface area contributed by atoms with E-state index in [0.29, 0.717) is 22.6 Å². The van der Waals surface area contributed by atoms with Crippen molar-refractivity contribution in [3.8, 4) is 18.1 Å². The number of nitrogens with zero attached hydrogens (tertiary/aromatic N) is 1. The predicted octanol–water partition coefficient (Wildman–Crippen LogP) is 3.14. The number of nitrogens with two attached hydrogens (primary N) is 1. The first-order valence-electron chi connectivity index (χ1n) is 12.1. The minimum Gasteiger partial charge on any atom is -0.497 e. The summed E-state index contributed by atoms with van der Waals surface area (Å²) >= 11 is 0. The summed E-state index contributed by atoms with van der Waals surface area (Å²) in [4.78, 5) is 53.0. The summed E-state index contributed by atoms with van der Waals surface area (Å²) in [5.41, 5.74) is 5.99. The zero-order chi connectivity index (χ0) is 29.2. The highest BCUT2D eigenvalue weighted by molar-refractivity contribution is 5.99. The van der Waals surface area contributed by atoms with Gasteiger partial charge in [-0.15, -0.1) is 13.0 Å². The molecule has 0 fully saturated rings. The molecule has 2 unspecified atom stereocenters. The molecule has 39 heavy (non-hydrogen) atoms. The first-order chi connectivity index (χ1) is 18.4. The fraction of sp³-hybridized carbons (Fsp3) is 0.310. The number of anilines is 1. The minimum absolute atomic E-state index is 0.0956. The molecule has 0 aliphatic rings. The third kappa shape index (κ3) is 9.23. The molecule has 0 aliphatic heterocycles. The van der Waals surface area contributed by atoms with Crippen LogP contribution >= 0.6 is 0 Å². The Kier molecular flexibility index (Phi) is 10.7. The van der Waals surface area contributed by atoms with Gasteiger partial charge in [-0.1, -0.05) is 24.1 Å². The van der Waals surface area contributed by atoms with Crippen molar-refractivity contribution >= 4 is 29.5 Å². The molecule has 2 atom stereocenters. The number of terminal acetylenes is 1. The number of carbonyl (C=O) groups excluding carboxylic acids is 4. The average molecular weight is 535 g/mol. The number of benzene rings is 2. The molecule has 0 heterocycles. The van der Waals surface area contributed by atoms with Crippen LogP contribution in [0.25, 0.3) is 0 Å². The largest absolute Gasteiger partial charge is 0.497 e. The molecule has 0 saturated carbocycles. The van der Waals surface area contributed by atoms with Crippen molar-refractivity contribution in [2.45, 2.75) is 44.9 Å². The molecule has 2 rings (SSSR count). The van der Waals surface area contributed by atoms with Gasteiger partial charge in [0.15, 0.2) is 0 Å². The fourth-order valence-electron chi connectivity index (χ4n) is 3.63. The molecule has 0 bridgehead atoms. The molecule has 4 N–H and O–H groups in total. The van der Waals surface area contributed by atoms with Gasteiger partial charge in [-0.05, 0) is 62.7 Å². The number of amides is 4. The second-order valence-corrected chi connectivity index (χ2v) is 9.54. The second-order valence-electron chi connectivity index (χ2n) is 9.54. The van der Waals surface area contributed by atoms with Gasteiger partial charge in [-0.3, -0.25) is 14.4 Å². The Balaban J connectivity index is 2.51. The van der Waals surface area contributed by atoms with Crippen LogP contribution in [0.2, 0.25) is 0 Å². The molecule has 10 nitrogen and oxygen atoms in total. The Labute approximate surface area is 228 Å². The lowest BCUT2D eigenvalue weighted by Gasteiger charge is -2.33. The first-order valence-corrected chi connectivity index (χ1v) is 12.1. The van der Waals surface area contributed by atoms with Gasteiger partial charge in [0.05, 0.1) is 13.5 Å². The summed E-state index contributed by atoms with van der Waals surface area (Å²) in [6.45, 7) is 8.57. The van der Waals surface area contributed by atoms with E-state index in [0.717, 1.165) is 0 Å². The van der Waals surface area contributed by atoms with Crippen molar-refractivity contribution in [2.75, 3.05) is 19.0 Å². The Morgan fingerprint density at radius 2 is 1.72 bits per heavy atom. The summed E-state index contributed by atoms with van der Waals surface area (Å²) in [5.74, 6) is 0.976. The van der Waals surface area contributed by atoms with Gasteiger partial charge in [0, 0.05) is 17.8 Å². The van der Waals surface area contributed by atoms with E-state index in [1.807, 2.05) is 0 Å². The highest BCUT2D eigenvalue weighted by atomic mass is 16.6. The molecule has 0 spiro atoms. The Bertz CT molecular complexity index is 1230. The maximum atomic E-state index is 13.8. The highest BCUT2D eigenvalue weighted by Crippen LogP contribution is 2.26. The summed E-state index contributed by atoms with van der Waals surface area (Å²) in [5, 5.41) is 5.21. The van der Waals surface area contributed by atoms with Crippen LogP contribution < -0.4 is 21.1 Å². The number of primary amides is 1. The molecule has 2 aromatic carbocycles. The van der Waals surface area contributed by atoms with Crippen LogP contribution in [-0.2, 0) is 19.1 Å². The topological polar surface area (TPSA) is 140 Å². The molecule has 0 aromatic heterocycles. The number of hydrogen-bond acceptors (Lipinski definition) is 6. The smallest absolute Gasteiger partial charge is 0.408 e. The molecule has 0 radical (unpaired) electrons. The number of nitrogens with one attached hydrogen (secondary N) is 2. The van der Waals surface area contributed by atoms with Crippen molar-refractivity contribution < 1.29 is 28.7 Å². The van der Waals surface area contributed by atoms with E-state index in [1.54, 1.807) is 69.3 Å². The fourth-order valence-corrected chi connectivity index (χ4v) is 3.63. The molecule has 4 amide bonds. The lowest BCUT2D eigenvalue weighted by atomic mass is 10.0. The van der Waals surface area contributed by atoms with Crippen molar-refractivity contribution in [3.63, 3.8) is 0 Å². The maximum absolute atomic E-state index is 13.8. The van der Waals surface area contributed by atoms with Gasteiger partial charge in [-0.25, -0.2) is 4.79 Å². The van der Waals surface area contributed by atoms with Crippen molar-refractivity contribution in [2.24, 2.45) is 5.73 Å². The lowest BCUT2D eigenvalue weighted by molar-refractivity contribution is -0.141. The van der Waals surface area contributed by atoms with E-state index in [2.05, 4.69) is 23.1 Å². The second kappa shape index (κ2) is 13.7. The summed E-state index contributed by atoms with van der Waals surface area (Å²) in [7, 11) is 1.52. The van der Waals surface area contributed by atoms with Gasteiger partial charge in [0.1, 0.15) is 23.4 Å². The third-order valence-corrected chi connectivity index (χ3v) is 5.31. The number of methoxy groups -OCH3 is 1. The Morgan fingerprint density at radius 1 is 1.10 bits per heavy atom. The number of carbonyl (C=O) groups is 4. The standard InChI is InChI=1S/C29H34N4O6/c1-7-17-33(27(36)23(18-24(30)34)32-28(37)39-29(3,4)5)25(20-11-9-19(8-2)10-12-20)26(35)31-21-13-15-22(38-6)16-14-21/h2,7,9-16,23,25H,1,17-18H2,3-6H3,(H2,30,34)(H,31,35)(H,32,37). The lowest BCUT2D eigenvalue weighted by Crippen LogP contribution is -2.53. The normalized spacial score (nSPS) is 12.2. The zero-order valence-electron chi connectivity index (χ0n) is 22.5. The monoisotopic (exact) mass is 534 g/mol. The zero-order valence-corrected chi connectivity index (χ0v) is 22.5. The SMILES string of the molecule is C#Cc1ccc(C(C(=O)Nc2ccc(OC)cc2)N(CC=C)C(=O)C(CC(N)=O)NC(=O)OC(C)(C)C)cc1. The Morgan fingerprint density at radius 3 is 2.21 bits per heavy atom.